The molecular weight excluding hydrogens is 240 g/mol. The van der Waals surface area contributed by atoms with Gasteiger partial charge in [-0.3, -0.25) is 4.90 Å². The smallest absolute Gasteiger partial charge is 0.317 e. The lowest BCUT2D eigenvalue weighted by Gasteiger charge is -2.36. The number of hydrogen-bond acceptors (Lipinski definition) is 3. The SMILES string of the molecule is NCCCN1CCN(C(=O)NC2CCCCC2)CC1. The quantitative estimate of drug-likeness (QED) is 0.799. The number of hydrogen-bond donors (Lipinski definition) is 2. The van der Waals surface area contributed by atoms with Gasteiger partial charge in [-0.15, -0.1) is 0 Å². The summed E-state index contributed by atoms with van der Waals surface area (Å²) in [7, 11) is 0. The van der Waals surface area contributed by atoms with E-state index in [0.717, 1.165) is 58.5 Å². The summed E-state index contributed by atoms with van der Waals surface area (Å²) < 4.78 is 0. The van der Waals surface area contributed by atoms with E-state index in [0.29, 0.717) is 6.04 Å². The molecule has 2 amide bonds. The lowest BCUT2D eigenvalue weighted by atomic mass is 9.96. The number of nitrogens with one attached hydrogen (secondary N) is 1. The van der Waals surface area contributed by atoms with Crippen molar-refractivity contribution in [2.75, 3.05) is 39.3 Å². The molecule has 0 spiro atoms. The van der Waals surface area contributed by atoms with E-state index in [1.165, 1.54) is 19.3 Å². The number of carbonyl (C=O) groups excluding carboxylic acids is 1. The molecule has 0 aromatic rings. The minimum Gasteiger partial charge on any atom is -0.335 e. The lowest BCUT2D eigenvalue weighted by molar-refractivity contribution is 0.135. The molecule has 2 aliphatic rings. The van der Waals surface area contributed by atoms with Gasteiger partial charge in [-0.25, -0.2) is 4.79 Å². The normalized spacial score (nSPS) is 22.5. The van der Waals surface area contributed by atoms with Crippen LogP contribution in [0.5, 0.6) is 0 Å². The second kappa shape index (κ2) is 7.70. The maximum Gasteiger partial charge on any atom is 0.317 e. The van der Waals surface area contributed by atoms with E-state index in [-0.39, 0.29) is 6.03 Å². The standard InChI is InChI=1S/C14H28N4O/c15-7-4-8-17-9-11-18(12-10-17)14(19)16-13-5-2-1-3-6-13/h13H,1-12,15H2,(H,16,19). The number of nitrogens with two attached hydrogens (primary N) is 1. The Kier molecular flexibility index (Phi) is 5.92. The molecule has 1 saturated carbocycles. The Hall–Kier alpha value is -0.810. The third kappa shape index (κ3) is 4.66. The summed E-state index contributed by atoms with van der Waals surface area (Å²) in [5, 5.41) is 3.20. The molecule has 5 nitrogen and oxygen atoms in total. The first-order valence-electron chi connectivity index (χ1n) is 7.77. The average Bonchev–Trinajstić information content (AvgIpc) is 2.46. The fourth-order valence-electron chi connectivity index (χ4n) is 3.00. The van der Waals surface area contributed by atoms with Crippen LogP contribution < -0.4 is 11.1 Å². The van der Waals surface area contributed by atoms with Crippen LogP contribution in [-0.2, 0) is 0 Å². The predicted octanol–water partition coefficient (Wildman–Crippen LogP) is 0.995. The summed E-state index contributed by atoms with van der Waals surface area (Å²) in [5.41, 5.74) is 5.52. The topological polar surface area (TPSA) is 61.6 Å². The number of carbonyl (C=O) groups is 1. The van der Waals surface area contributed by atoms with Crippen molar-refractivity contribution in [3.05, 3.63) is 0 Å². The van der Waals surface area contributed by atoms with Crippen molar-refractivity contribution >= 4 is 6.03 Å². The second-order valence-corrected chi connectivity index (χ2v) is 5.76. The van der Waals surface area contributed by atoms with Gasteiger partial charge < -0.3 is 16.0 Å². The van der Waals surface area contributed by atoms with E-state index in [9.17, 15) is 4.79 Å². The molecule has 2 rings (SSSR count). The van der Waals surface area contributed by atoms with Gasteiger partial charge in [-0.2, -0.15) is 0 Å². The first kappa shape index (κ1) is 14.6. The Bertz CT molecular complexity index is 271. The minimum atomic E-state index is 0.144. The monoisotopic (exact) mass is 268 g/mol. The van der Waals surface area contributed by atoms with Crippen molar-refractivity contribution in [2.45, 2.75) is 44.6 Å². The highest BCUT2D eigenvalue weighted by Gasteiger charge is 2.23. The van der Waals surface area contributed by atoms with Gasteiger partial charge in [0.2, 0.25) is 0 Å². The van der Waals surface area contributed by atoms with Crippen LogP contribution >= 0.6 is 0 Å². The molecule has 5 heteroatoms. The maximum atomic E-state index is 12.2. The van der Waals surface area contributed by atoms with Crippen LogP contribution in [-0.4, -0.2) is 61.1 Å². The van der Waals surface area contributed by atoms with Crippen molar-refractivity contribution in [1.29, 1.82) is 0 Å². The zero-order chi connectivity index (χ0) is 13.5. The van der Waals surface area contributed by atoms with Gasteiger partial charge in [0.25, 0.3) is 0 Å². The molecule has 1 aliphatic heterocycles. The molecule has 0 radical (unpaired) electrons. The highest BCUT2D eigenvalue weighted by atomic mass is 16.2. The van der Waals surface area contributed by atoms with Crippen LogP contribution in [0.4, 0.5) is 4.79 Å². The van der Waals surface area contributed by atoms with Crippen LogP contribution in [0.25, 0.3) is 0 Å². The Morgan fingerprint density at radius 3 is 2.42 bits per heavy atom. The number of urea groups is 1. The minimum absolute atomic E-state index is 0.144. The lowest BCUT2D eigenvalue weighted by Crippen LogP contribution is -2.53. The first-order chi connectivity index (χ1) is 9.29. The molecule has 1 saturated heterocycles. The van der Waals surface area contributed by atoms with E-state index >= 15 is 0 Å². The first-order valence-corrected chi connectivity index (χ1v) is 7.77. The zero-order valence-corrected chi connectivity index (χ0v) is 11.9. The number of rotatable bonds is 4. The molecule has 2 fully saturated rings. The number of piperazine rings is 1. The Morgan fingerprint density at radius 1 is 1.11 bits per heavy atom. The molecule has 110 valence electrons. The van der Waals surface area contributed by atoms with Gasteiger partial charge in [0, 0.05) is 32.2 Å². The van der Waals surface area contributed by atoms with Gasteiger partial charge in [0.1, 0.15) is 0 Å². The van der Waals surface area contributed by atoms with E-state index in [2.05, 4.69) is 10.2 Å². The summed E-state index contributed by atoms with van der Waals surface area (Å²) in [5.74, 6) is 0. The molecular formula is C14H28N4O. The van der Waals surface area contributed by atoms with Gasteiger partial charge in [0.05, 0.1) is 0 Å². The molecule has 0 unspecified atom stereocenters. The van der Waals surface area contributed by atoms with Crippen LogP contribution in [0.3, 0.4) is 0 Å². The molecule has 1 heterocycles. The van der Waals surface area contributed by atoms with Crippen molar-refractivity contribution in [1.82, 2.24) is 15.1 Å². The van der Waals surface area contributed by atoms with E-state index < -0.39 is 0 Å². The molecule has 0 aromatic carbocycles. The van der Waals surface area contributed by atoms with Crippen LogP contribution in [0.1, 0.15) is 38.5 Å². The Balaban J connectivity index is 1.67. The fourth-order valence-corrected chi connectivity index (χ4v) is 3.00. The van der Waals surface area contributed by atoms with Crippen LogP contribution in [0, 0.1) is 0 Å². The molecule has 1 aliphatic carbocycles. The van der Waals surface area contributed by atoms with Gasteiger partial charge in [-0.1, -0.05) is 19.3 Å². The predicted molar refractivity (Wildman–Crippen MR) is 77.1 cm³/mol. The largest absolute Gasteiger partial charge is 0.335 e. The third-order valence-electron chi connectivity index (χ3n) is 4.27. The molecule has 3 N–H and O–H groups in total. The zero-order valence-electron chi connectivity index (χ0n) is 11.9. The summed E-state index contributed by atoms with van der Waals surface area (Å²) in [6.07, 6.45) is 7.21. The van der Waals surface area contributed by atoms with Crippen molar-refractivity contribution in [2.24, 2.45) is 5.73 Å². The van der Waals surface area contributed by atoms with Crippen LogP contribution in [0.2, 0.25) is 0 Å². The van der Waals surface area contributed by atoms with Gasteiger partial charge in [0.15, 0.2) is 0 Å². The fraction of sp³-hybridized carbons (Fsp3) is 0.929. The van der Waals surface area contributed by atoms with E-state index in [4.69, 9.17) is 5.73 Å². The maximum absolute atomic E-state index is 12.2. The summed E-state index contributed by atoms with van der Waals surface area (Å²) in [4.78, 5) is 16.5. The molecule has 0 aromatic heterocycles. The Labute approximate surface area is 116 Å². The van der Waals surface area contributed by atoms with Crippen molar-refractivity contribution in [3.63, 3.8) is 0 Å². The summed E-state index contributed by atoms with van der Waals surface area (Å²) >= 11 is 0. The number of amides is 2. The Morgan fingerprint density at radius 2 is 1.79 bits per heavy atom. The van der Waals surface area contributed by atoms with Gasteiger partial charge >= 0.3 is 6.03 Å². The highest BCUT2D eigenvalue weighted by molar-refractivity contribution is 5.74. The molecule has 19 heavy (non-hydrogen) atoms. The van der Waals surface area contributed by atoms with Crippen LogP contribution in [0.15, 0.2) is 0 Å². The summed E-state index contributed by atoms with van der Waals surface area (Å²) in [6, 6.07) is 0.557. The van der Waals surface area contributed by atoms with Crippen molar-refractivity contribution < 1.29 is 4.79 Å². The van der Waals surface area contributed by atoms with E-state index in [1.807, 2.05) is 4.90 Å². The van der Waals surface area contributed by atoms with Crippen molar-refractivity contribution in [3.8, 4) is 0 Å². The number of nitrogens with zero attached hydrogens (tertiary/aromatic N) is 2. The highest BCUT2D eigenvalue weighted by Crippen LogP contribution is 2.17. The summed E-state index contributed by atoms with van der Waals surface area (Å²) in [6.45, 7) is 5.49. The molecule has 0 bridgehead atoms. The second-order valence-electron chi connectivity index (χ2n) is 5.76. The average molecular weight is 268 g/mol. The molecule has 0 atom stereocenters. The van der Waals surface area contributed by atoms with E-state index in [1.54, 1.807) is 0 Å². The third-order valence-corrected chi connectivity index (χ3v) is 4.27. The van der Waals surface area contributed by atoms with Gasteiger partial charge in [-0.05, 0) is 32.4 Å².